The summed E-state index contributed by atoms with van der Waals surface area (Å²) < 4.78 is 0. The molecular weight excluding hydrogens is 340 g/mol. The molecule has 0 aliphatic carbocycles. The highest BCUT2D eigenvalue weighted by atomic mass is 16.2. The first-order valence-electron chi connectivity index (χ1n) is 8.54. The Hall–Kier alpha value is -3.54. The zero-order valence-corrected chi connectivity index (χ0v) is 15.2. The second-order valence-corrected chi connectivity index (χ2v) is 6.30. The second-order valence-electron chi connectivity index (χ2n) is 6.30. The van der Waals surface area contributed by atoms with E-state index in [0.717, 1.165) is 22.4 Å². The molecule has 27 heavy (non-hydrogen) atoms. The van der Waals surface area contributed by atoms with E-state index < -0.39 is 0 Å². The minimum absolute atomic E-state index is 0.192. The fourth-order valence-corrected chi connectivity index (χ4v) is 2.72. The summed E-state index contributed by atoms with van der Waals surface area (Å²) in [6, 6.07) is 12.5. The van der Waals surface area contributed by atoms with Crippen LogP contribution in [-0.4, -0.2) is 21.8 Å². The highest BCUT2D eigenvalue weighted by Gasteiger charge is 2.12. The van der Waals surface area contributed by atoms with Gasteiger partial charge in [0.2, 0.25) is 0 Å². The van der Waals surface area contributed by atoms with E-state index in [0.29, 0.717) is 12.1 Å². The maximum atomic E-state index is 12.5. The van der Waals surface area contributed by atoms with Crippen LogP contribution in [0.1, 0.15) is 37.5 Å². The molecule has 0 saturated carbocycles. The summed E-state index contributed by atoms with van der Waals surface area (Å²) in [5.41, 5.74) is 4.35. The fourth-order valence-electron chi connectivity index (χ4n) is 2.72. The molecule has 2 aromatic heterocycles. The predicted molar refractivity (Wildman–Crippen MR) is 104 cm³/mol. The van der Waals surface area contributed by atoms with Crippen molar-refractivity contribution in [2.75, 3.05) is 5.32 Å². The standard InChI is InChI=1S/C21H20N4O2/c1-14-9-15(2)11-18(10-14)25-20(26)17-5-8-23-19(12-17)21(27)24-13-16-3-6-22-7-4-16/h3-12H,13H2,1-2H3,(H,24,27)(H,25,26). The van der Waals surface area contributed by atoms with Gasteiger partial charge >= 0.3 is 0 Å². The van der Waals surface area contributed by atoms with Crippen LogP contribution < -0.4 is 10.6 Å². The van der Waals surface area contributed by atoms with Gasteiger partial charge in [-0.2, -0.15) is 0 Å². The quantitative estimate of drug-likeness (QED) is 0.731. The first-order valence-corrected chi connectivity index (χ1v) is 8.54. The summed E-state index contributed by atoms with van der Waals surface area (Å²) in [6.07, 6.45) is 4.78. The third-order valence-electron chi connectivity index (χ3n) is 3.94. The van der Waals surface area contributed by atoms with Crippen molar-refractivity contribution < 1.29 is 9.59 Å². The lowest BCUT2D eigenvalue weighted by atomic mass is 10.1. The molecule has 0 atom stereocenters. The van der Waals surface area contributed by atoms with E-state index in [9.17, 15) is 9.59 Å². The molecule has 6 nitrogen and oxygen atoms in total. The third kappa shape index (κ3) is 4.98. The molecule has 2 amide bonds. The topological polar surface area (TPSA) is 84.0 Å². The van der Waals surface area contributed by atoms with Gasteiger partial charge in [-0.3, -0.25) is 19.6 Å². The molecule has 136 valence electrons. The lowest BCUT2D eigenvalue weighted by Gasteiger charge is -2.09. The third-order valence-corrected chi connectivity index (χ3v) is 3.94. The van der Waals surface area contributed by atoms with Crippen molar-refractivity contribution in [1.29, 1.82) is 0 Å². The maximum Gasteiger partial charge on any atom is 0.270 e. The van der Waals surface area contributed by atoms with Crippen LogP contribution in [0.5, 0.6) is 0 Å². The van der Waals surface area contributed by atoms with Crippen LogP contribution in [0, 0.1) is 13.8 Å². The van der Waals surface area contributed by atoms with Gasteiger partial charge in [0.1, 0.15) is 5.69 Å². The Labute approximate surface area is 157 Å². The molecule has 2 heterocycles. The highest BCUT2D eigenvalue weighted by Crippen LogP contribution is 2.15. The second kappa shape index (κ2) is 8.23. The van der Waals surface area contributed by atoms with Gasteiger partial charge in [-0.1, -0.05) is 6.07 Å². The van der Waals surface area contributed by atoms with Crippen molar-refractivity contribution in [3.8, 4) is 0 Å². The van der Waals surface area contributed by atoms with E-state index >= 15 is 0 Å². The van der Waals surface area contributed by atoms with Crippen molar-refractivity contribution in [2.24, 2.45) is 0 Å². The Bertz CT molecular complexity index is 951. The van der Waals surface area contributed by atoms with Crippen LogP contribution in [0.4, 0.5) is 5.69 Å². The van der Waals surface area contributed by atoms with Crippen LogP contribution in [0.3, 0.4) is 0 Å². The number of benzene rings is 1. The Kier molecular flexibility index (Phi) is 5.56. The molecule has 1 aromatic carbocycles. The number of nitrogens with one attached hydrogen (secondary N) is 2. The number of hydrogen-bond acceptors (Lipinski definition) is 4. The monoisotopic (exact) mass is 360 g/mol. The molecule has 2 N–H and O–H groups in total. The zero-order chi connectivity index (χ0) is 19.2. The minimum atomic E-state index is -0.340. The number of hydrogen-bond donors (Lipinski definition) is 2. The van der Waals surface area contributed by atoms with Gasteiger partial charge in [0.05, 0.1) is 0 Å². The number of rotatable bonds is 5. The van der Waals surface area contributed by atoms with Crippen molar-refractivity contribution in [2.45, 2.75) is 20.4 Å². The molecule has 3 rings (SSSR count). The van der Waals surface area contributed by atoms with E-state index in [1.165, 1.54) is 12.3 Å². The zero-order valence-electron chi connectivity index (χ0n) is 15.2. The minimum Gasteiger partial charge on any atom is -0.347 e. The van der Waals surface area contributed by atoms with Crippen LogP contribution in [-0.2, 0) is 6.54 Å². The van der Waals surface area contributed by atoms with Gasteiger partial charge in [-0.05, 0) is 66.9 Å². The molecule has 0 unspecified atom stereocenters. The SMILES string of the molecule is Cc1cc(C)cc(NC(=O)c2ccnc(C(=O)NCc3ccncc3)c2)c1. The molecule has 0 saturated heterocycles. The highest BCUT2D eigenvalue weighted by molar-refractivity contribution is 6.05. The first-order chi connectivity index (χ1) is 13.0. The Morgan fingerprint density at radius 2 is 1.59 bits per heavy atom. The molecule has 0 aliphatic rings. The smallest absolute Gasteiger partial charge is 0.270 e. The van der Waals surface area contributed by atoms with Crippen LogP contribution in [0.25, 0.3) is 0 Å². The number of carbonyl (C=O) groups excluding carboxylic acids is 2. The number of anilines is 1. The van der Waals surface area contributed by atoms with Gasteiger partial charge in [0.25, 0.3) is 11.8 Å². The average molecular weight is 360 g/mol. The average Bonchev–Trinajstić information content (AvgIpc) is 2.66. The molecule has 0 spiro atoms. The molecule has 6 heteroatoms. The summed E-state index contributed by atoms with van der Waals surface area (Å²) >= 11 is 0. The number of aryl methyl sites for hydroxylation is 2. The molecule has 0 aliphatic heterocycles. The van der Waals surface area contributed by atoms with Crippen molar-refractivity contribution in [1.82, 2.24) is 15.3 Å². The van der Waals surface area contributed by atoms with E-state index in [1.807, 2.05) is 44.2 Å². The number of pyridine rings is 2. The summed E-state index contributed by atoms with van der Waals surface area (Å²) in [7, 11) is 0. The van der Waals surface area contributed by atoms with Crippen LogP contribution >= 0.6 is 0 Å². The number of nitrogens with zero attached hydrogens (tertiary/aromatic N) is 2. The largest absolute Gasteiger partial charge is 0.347 e. The lowest BCUT2D eigenvalue weighted by Crippen LogP contribution is -2.24. The Balaban J connectivity index is 1.68. The van der Waals surface area contributed by atoms with E-state index in [2.05, 4.69) is 20.6 Å². The molecule has 0 radical (unpaired) electrons. The summed E-state index contributed by atoms with van der Waals surface area (Å²) in [5.74, 6) is -0.626. The maximum absolute atomic E-state index is 12.5. The molecule has 0 fully saturated rings. The lowest BCUT2D eigenvalue weighted by molar-refractivity contribution is 0.0946. The fraction of sp³-hybridized carbons (Fsp3) is 0.143. The predicted octanol–water partition coefficient (Wildman–Crippen LogP) is 3.28. The molecule has 0 bridgehead atoms. The summed E-state index contributed by atoms with van der Waals surface area (Å²) in [5, 5.41) is 5.64. The van der Waals surface area contributed by atoms with E-state index in [-0.39, 0.29) is 17.5 Å². The number of amides is 2. The van der Waals surface area contributed by atoms with Crippen molar-refractivity contribution in [3.05, 3.63) is 89.0 Å². The van der Waals surface area contributed by atoms with Crippen LogP contribution in [0.15, 0.2) is 61.1 Å². The van der Waals surface area contributed by atoms with Crippen LogP contribution in [0.2, 0.25) is 0 Å². The van der Waals surface area contributed by atoms with Crippen molar-refractivity contribution >= 4 is 17.5 Å². The van der Waals surface area contributed by atoms with Gasteiger partial charge in [-0.25, -0.2) is 0 Å². The van der Waals surface area contributed by atoms with Gasteiger partial charge in [-0.15, -0.1) is 0 Å². The van der Waals surface area contributed by atoms with Gasteiger partial charge < -0.3 is 10.6 Å². The van der Waals surface area contributed by atoms with E-state index in [1.54, 1.807) is 18.5 Å². The van der Waals surface area contributed by atoms with E-state index in [4.69, 9.17) is 0 Å². The summed E-state index contributed by atoms with van der Waals surface area (Å²) in [6.45, 7) is 4.31. The summed E-state index contributed by atoms with van der Waals surface area (Å²) in [4.78, 5) is 32.8. The van der Waals surface area contributed by atoms with Crippen molar-refractivity contribution in [3.63, 3.8) is 0 Å². The number of carbonyl (C=O) groups is 2. The Morgan fingerprint density at radius 1 is 0.889 bits per heavy atom. The van der Waals surface area contributed by atoms with Gasteiger partial charge in [0, 0.05) is 36.4 Å². The normalized spacial score (nSPS) is 10.3. The first kappa shape index (κ1) is 18.3. The molecular formula is C21H20N4O2. The molecule has 3 aromatic rings. The Morgan fingerprint density at radius 3 is 2.30 bits per heavy atom. The number of aromatic nitrogens is 2. The van der Waals surface area contributed by atoms with Gasteiger partial charge in [0.15, 0.2) is 0 Å².